The third-order valence-electron chi connectivity index (χ3n) is 1.72. The van der Waals surface area contributed by atoms with Crippen molar-refractivity contribution in [2.24, 2.45) is 17.8 Å². The Morgan fingerprint density at radius 2 is 2.54 bits per heavy atom. The van der Waals surface area contributed by atoms with Crippen molar-refractivity contribution in [1.82, 2.24) is 15.1 Å². The zero-order valence-electron chi connectivity index (χ0n) is 7.99. The van der Waals surface area contributed by atoms with Gasteiger partial charge in [-0.15, -0.1) is 0 Å². The quantitative estimate of drug-likeness (QED) is 0.488. The topological polar surface area (TPSA) is 68.2 Å². The van der Waals surface area contributed by atoms with Gasteiger partial charge in [0.25, 0.3) is 0 Å². The van der Waals surface area contributed by atoms with Crippen LogP contribution >= 0.6 is 0 Å². The van der Waals surface area contributed by atoms with Crippen LogP contribution in [0, 0.1) is 0 Å². The fraction of sp³-hybridized carbons (Fsp3) is 0.500. The number of aliphatic imine (C=N–C) groups is 1. The Labute approximate surface area is 77.6 Å². The Morgan fingerprint density at radius 1 is 1.77 bits per heavy atom. The molecular weight excluding hydrogens is 166 g/mol. The highest BCUT2D eigenvalue weighted by molar-refractivity contribution is 5.77. The molecule has 0 aliphatic heterocycles. The van der Waals surface area contributed by atoms with Crippen LogP contribution in [0.3, 0.4) is 0 Å². The first-order valence-corrected chi connectivity index (χ1v) is 4.16. The van der Waals surface area contributed by atoms with E-state index >= 15 is 0 Å². The van der Waals surface area contributed by atoms with Gasteiger partial charge in [0.15, 0.2) is 5.96 Å². The molecule has 3 N–H and O–H groups in total. The van der Waals surface area contributed by atoms with Crippen LogP contribution in [-0.2, 0) is 13.5 Å². The van der Waals surface area contributed by atoms with Gasteiger partial charge in [0, 0.05) is 26.8 Å². The van der Waals surface area contributed by atoms with Crippen LogP contribution in [0.15, 0.2) is 17.4 Å². The van der Waals surface area contributed by atoms with E-state index in [2.05, 4.69) is 15.4 Å². The average molecular weight is 181 g/mol. The Morgan fingerprint density at radius 3 is 3.08 bits per heavy atom. The summed E-state index contributed by atoms with van der Waals surface area (Å²) in [7, 11) is 3.56. The highest BCUT2D eigenvalue weighted by Gasteiger charge is 1.95. The van der Waals surface area contributed by atoms with Crippen molar-refractivity contribution in [3.63, 3.8) is 0 Å². The molecule has 1 aromatic rings. The maximum Gasteiger partial charge on any atom is 0.188 e. The first kappa shape index (κ1) is 9.57. The zero-order chi connectivity index (χ0) is 9.68. The molecule has 1 rings (SSSR count). The maximum atomic E-state index is 5.46. The summed E-state index contributed by atoms with van der Waals surface area (Å²) in [6, 6.07) is 0. The molecule has 1 heterocycles. The monoisotopic (exact) mass is 181 g/mol. The fourth-order valence-corrected chi connectivity index (χ4v) is 1.01. The number of nitrogens with zero attached hydrogens (tertiary/aromatic N) is 3. The molecule has 0 aliphatic carbocycles. The number of aromatic nitrogens is 2. The summed E-state index contributed by atoms with van der Waals surface area (Å²) in [6.45, 7) is 0.787. The second-order valence-corrected chi connectivity index (χ2v) is 2.81. The summed E-state index contributed by atoms with van der Waals surface area (Å²) in [5.41, 5.74) is 6.65. The highest BCUT2D eigenvalue weighted by atomic mass is 15.2. The molecule has 0 unspecified atom stereocenters. The molecule has 0 saturated carbocycles. The molecule has 72 valence electrons. The Kier molecular flexibility index (Phi) is 3.31. The van der Waals surface area contributed by atoms with E-state index in [-0.39, 0.29) is 0 Å². The van der Waals surface area contributed by atoms with Crippen molar-refractivity contribution in [2.75, 3.05) is 13.6 Å². The Bertz CT molecular complexity index is 288. The van der Waals surface area contributed by atoms with Gasteiger partial charge in [-0.1, -0.05) is 0 Å². The SMILES string of the molecule is CN=C(N)NCCc1cnn(C)c1. The summed E-state index contributed by atoms with van der Waals surface area (Å²) in [6.07, 6.45) is 4.74. The third-order valence-corrected chi connectivity index (χ3v) is 1.72. The molecule has 0 bridgehead atoms. The third kappa shape index (κ3) is 3.14. The Hall–Kier alpha value is -1.52. The van der Waals surface area contributed by atoms with Gasteiger partial charge in [-0.05, 0) is 12.0 Å². The molecule has 5 heteroatoms. The molecule has 0 atom stereocenters. The molecule has 0 fully saturated rings. The summed E-state index contributed by atoms with van der Waals surface area (Å²) in [5.74, 6) is 0.476. The molecule has 0 saturated heterocycles. The van der Waals surface area contributed by atoms with E-state index < -0.39 is 0 Å². The molecule has 0 amide bonds. The van der Waals surface area contributed by atoms with E-state index in [1.54, 1.807) is 11.7 Å². The Balaban J connectivity index is 2.28. The van der Waals surface area contributed by atoms with Crippen molar-refractivity contribution in [3.8, 4) is 0 Å². The lowest BCUT2D eigenvalue weighted by molar-refractivity contribution is 0.766. The van der Waals surface area contributed by atoms with Crippen LogP contribution in [0.4, 0.5) is 0 Å². The van der Waals surface area contributed by atoms with Crippen molar-refractivity contribution < 1.29 is 0 Å². The fourth-order valence-electron chi connectivity index (χ4n) is 1.01. The van der Waals surface area contributed by atoms with Crippen LogP contribution in [0.5, 0.6) is 0 Å². The van der Waals surface area contributed by atoms with E-state index in [0.717, 1.165) is 13.0 Å². The molecule has 0 spiro atoms. The van der Waals surface area contributed by atoms with E-state index in [9.17, 15) is 0 Å². The number of guanidine groups is 1. The minimum absolute atomic E-state index is 0.476. The van der Waals surface area contributed by atoms with E-state index in [1.165, 1.54) is 5.56 Å². The van der Waals surface area contributed by atoms with Crippen LogP contribution < -0.4 is 11.1 Å². The van der Waals surface area contributed by atoms with Crippen molar-refractivity contribution in [1.29, 1.82) is 0 Å². The second-order valence-electron chi connectivity index (χ2n) is 2.81. The molecule has 0 aliphatic rings. The van der Waals surface area contributed by atoms with Crippen LogP contribution in [0.2, 0.25) is 0 Å². The second kappa shape index (κ2) is 4.49. The first-order valence-electron chi connectivity index (χ1n) is 4.16. The molecule has 1 aromatic heterocycles. The molecule has 0 aromatic carbocycles. The molecule has 0 radical (unpaired) electrons. The number of hydrogen-bond acceptors (Lipinski definition) is 2. The predicted molar refractivity (Wildman–Crippen MR) is 52.5 cm³/mol. The average Bonchev–Trinajstić information content (AvgIpc) is 2.51. The molecule has 5 nitrogen and oxygen atoms in total. The van der Waals surface area contributed by atoms with Gasteiger partial charge in [-0.2, -0.15) is 5.10 Å². The van der Waals surface area contributed by atoms with Gasteiger partial charge >= 0.3 is 0 Å². The lowest BCUT2D eigenvalue weighted by Gasteiger charge is -2.01. The van der Waals surface area contributed by atoms with E-state index in [4.69, 9.17) is 5.73 Å². The minimum Gasteiger partial charge on any atom is -0.370 e. The number of hydrogen-bond donors (Lipinski definition) is 2. The van der Waals surface area contributed by atoms with Gasteiger partial charge in [0.1, 0.15) is 0 Å². The first-order chi connectivity index (χ1) is 6.22. The van der Waals surface area contributed by atoms with Crippen molar-refractivity contribution >= 4 is 5.96 Å². The lowest BCUT2D eigenvalue weighted by atomic mass is 10.2. The predicted octanol–water partition coefficient (Wildman–Crippen LogP) is -0.503. The lowest BCUT2D eigenvalue weighted by Crippen LogP contribution is -2.32. The van der Waals surface area contributed by atoms with Gasteiger partial charge in [-0.25, -0.2) is 0 Å². The smallest absolute Gasteiger partial charge is 0.188 e. The summed E-state index contributed by atoms with van der Waals surface area (Å²) >= 11 is 0. The van der Waals surface area contributed by atoms with E-state index in [1.807, 2.05) is 19.4 Å². The van der Waals surface area contributed by atoms with Crippen LogP contribution in [0.1, 0.15) is 5.56 Å². The number of rotatable bonds is 3. The summed E-state index contributed by atoms with van der Waals surface area (Å²) in [4.78, 5) is 3.79. The molecule has 13 heavy (non-hydrogen) atoms. The van der Waals surface area contributed by atoms with Crippen molar-refractivity contribution in [2.45, 2.75) is 6.42 Å². The van der Waals surface area contributed by atoms with Gasteiger partial charge in [0.2, 0.25) is 0 Å². The number of nitrogens with one attached hydrogen (secondary N) is 1. The van der Waals surface area contributed by atoms with Crippen molar-refractivity contribution in [3.05, 3.63) is 18.0 Å². The summed E-state index contributed by atoms with van der Waals surface area (Å²) < 4.78 is 1.78. The van der Waals surface area contributed by atoms with Gasteiger partial charge in [0.05, 0.1) is 6.20 Å². The van der Waals surface area contributed by atoms with Gasteiger partial charge < -0.3 is 11.1 Å². The molecular formula is C8H15N5. The standard InChI is InChI=1S/C8H15N5/c1-10-8(9)11-4-3-7-5-12-13(2)6-7/h5-6H,3-4H2,1-2H3,(H3,9,10,11). The van der Waals surface area contributed by atoms with Gasteiger partial charge in [-0.3, -0.25) is 9.67 Å². The highest BCUT2D eigenvalue weighted by Crippen LogP contribution is 1.95. The summed E-state index contributed by atoms with van der Waals surface area (Å²) in [5, 5.41) is 7.04. The number of nitrogens with two attached hydrogens (primary N) is 1. The van der Waals surface area contributed by atoms with E-state index in [0.29, 0.717) is 5.96 Å². The minimum atomic E-state index is 0.476. The normalized spacial score (nSPS) is 11.7. The number of aryl methyl sites for hydroxylation is 1. The largest absolute Gasteiger partial charge is 0.370 e. The maximum absolute atomic E-state index is 5.46. The van der Waals surface area contributed by atoms with Crippen LogP contribution in [-0.4, -0.2) is 29.3 Å². The zero-order valence-corrected chi connectivity index (χ0v) is 7.99. The van der Waals surface area contributed by atoms with Crippen LogP contribution in [0.25, 0.3) is 0 Å².